The van der Waals surface area contributed by atoms with Crippen LogP contribution in [-0.2, 0) is 10.0 Å². The van der Waals surface area contributed by atoms with Gasteiger partial charge in [0.1, 0.15) is 5.60 Å². The van der Waals surface area contributed by atoms with Crippen LogP contribution in [0.3, 0.4) is 0 Å². The summed E-state index contributed by atoms with van der Waals surface area (Å²) in [4.78, 5) is 16.8. The van der Waals surface area contributed by atoms with Crippen molar-refractivity contribution in [1.29, 1.82) is 0 Å². The molecule has 0 spiro atoms. The Labute approximate surface area is 140 Å². The molecule has 0 saturated heterocycles. The minimum atomic E-state index is -1.89. The zero-order valence-corrected chi connectivity index (χ0v) is 15.5. The number of halogens is 1. The van der Waals surface area contributed by atoms with Crippen molar-refractivity contribution in [2.75, 3.05) is 0 Å². The quantitative estimate of drug-likeness (QED) is 0.739. The van der Waals surface area contributed by atoms with Crippen LogP contribution >= 0.6 is 15.9 Å². The Morgan fingerprint density at radius 3 is 2.73 bits per heavy atom. The molecule has 3 rings (SSSR count). The lowest BCUT2D eigenvalue weighted by Gasteiger charge is -2.37. The molecule has 22 heavy (non-hydrogen) atoms. The molecule has 0 radical (unpaired) electrons. The van der Waals surface area contributed by atoms with E-state index in [1.165, 1.54) is 0 Å². The van der Waals surface area contributed by atoms with Crippen molar-refractivity contribution in [2.45, 2.75) is 31.7 Å². The van der Waals surface area contributed by atoms with Gasteiger partial charge in [-0.3, -0.25) is 9.78 Å². The van der Waals surface area contributed by atoms with Crippen molar-refractivity contribution >= 4 is 30.0 Å². The fourth-order valence-electron chi connectivity index (χ4n) is 3.05. The summed E-state index contributed by atoms with van der Waals surface area (Å²) in [7, 11) is -1.89. The molecular weight excluding hydrogens is 358 g/mol. The van der Waals surface area contributed by atoms with E-state index in [9.17, 15) is 4.79 Å². The van der Waals surface area contributed by atoms with E-state index < -0.39 is 13.9 Å². The second-order valence-electron chi connectivity index (χ2n) is 6.57. The number of hydrogen-bond donors (Lipinski definition) is 0. The molecule has 1 aliphatic rings. The zero-order chi connectivity index (χ0) is 16.0. The molecule has 3 nitrogen and oxygen atoms in total. The minimum Gasteiger partial charge on any atom is -0.404 e. The van der Waals surface area contributed by atoms with E-state index in [-0.39, 0.29) is 5.78 Å². The Balaban J connectivity index is 2.24. The fourth-order valence-corrected chi connectivity index (χ4v) is 4.79. The van der Waals surface area contributed by atoms with E-state index in [2.05, 4.69) is 40.6 Å². The van der Waals surface area contributed by atoms with Crippen molar-refractivity contribution in [2.24, 2.45) is 0 Å². The number of fused-ring (bicyclic) bond motifs is 1. The van der Waals surface area contributed by atoms with Gasteiger partial charge >= 0.3 is 0 Å². The molecule has 1 aliphatic carbocycles. The number of rotatable bonds is 3. The first-order chi connectivity index (χ1) is 10.3. The largest absolute Gasteiger partial charge is 0.404 e. The van der Waals surface area contributed by atoms with Gasteiger partial charge in [0.25, 0.3) is 0 Å². The third kappa shape index (κ3) is 2.69. The highest BCUT2D eigenvalue weighted by Gasteiger charge is 2.48. The van der Waals surface area contributed by atoms with Crippen molar-refractivity contribution < 1.29 is 9.22 Å². The van der Waals surface area contributed by atoms with Gasteiger partial charge in [0.15, 0.2) is 14.1 Å². The van der Waals surface area contributed by atoms with E-state index in [1.54, 1.807) is 18.5 Å². The molecular formula is C17H18BrNO2Si. The summed E-state index contributed by atoms with van der Waals surface area (Å²) >= 11 is 3.52. The molecule has 0 amide bonds. The van der Waals surface area contributed by atoms with E-state index >= 15 is 0 Å². The maximum Gasteiger partial charge on any atom is 0.185 e. The molecule has 1 unspecified atom stereocenters. The highest BCUT2D eigenvalue weighted by molar-refractivity contribution is 9.10. The van der Waals surface area contributed by atoms with Gasteiger partial charge in [-0.1, -0.05) is 28.1 Å². The summed E-state index contributed by atoms with van der Waals surface area (Å²) in [6.45, 7) is 6.43. The smallest absolute Gasteiger partial charge is 0.185 e. The first-order valence-corrected chi connectivity index (χ1v) is 11.5. The van der Waals surface area contributed by atoms with Crippen LogP contribution < -0.4 is 0 Å². The summed E-state index contributed by atoms with van der Waals surface area (Å²) < 4.78 is 7.56. The molecule has 1 aromatic heterocycles. The van der Waals surface area contributed by atoms with Gasteiger partial charge < -0.3 is 4.43 Å². The molecule has 0 bridgehead atoms. The average molecular weight is 376 g/mol. The standard InChI is InChI=1S/C17H18BrNO2Si/c1-22(2,3)21-17(12-5-4-6-13(18)9-12)10-16(20)14-7-8-19-11-15(14)17/h4-9,11H,10H2,1-3H3. The maximum absolute atomic E-state index is 12.5. The molecule has 0 N–H and O–H groups in total. The summed E-state index contributed by atoms with van der Waals surface area (Å²) in [5.74, 6) is 0.121. The lowest BCUT2D eigenvalue weighted by Crippen LogP contribution is -2.40. The monoisotopic (exact) mass is 375 g/mol. The molecule has 0 aliphatic heterocycles. The third-order valence-electron chi connectivity index (χ3n) is 3.74. The molecule has 2 aromatic rings. The SMILES string of the molecule is C[Si](C)(C)OC1(c2cccc(Br)c2)CC(=O)c2ccncc21. The number of pyridine rings is 1. The number of carbonyl (C=O) groups is 1. The van der Waals surface area contributed by atoms with Gasteiger partial charge in [0, 0.05) is 34.4 Å². The number of ketones is 1. The van der Waals surface area contributed by atoms with Crippen LogP contribution in [0.25, 0.3) is 0 Å². The van der Waals surface area contributed by atoms with Crippen LogP contribution in [0.4, 0.5) is 0 Å². The summed E-state index contributed by atoms with van der Waals surface area (Å²) in [5.41, 5.74) is 1.91. The summed E-state index contributed by atoms with van der Waals surface area (Å²) in [5, 5.41) is 0. The second kappa shape index (κ2) is 5.40. The van der Waals surface area contributed by atoms with Crippen LogP contribution in [0.5, 0.6) is 0 Å². The van der Waals surface area contributed by atoms with Crippen LogP contribution in [0.15, 0.2) is 47.2 Å². The lowest BCUT2D eigenvalue weighted by atomic mass is 9.89. The Morgan fingerprint density at radius 1 is 1.27 bits per heavy atom. The fraction of sp³-hybridized carbons (Fsp3) is 0.294. The van der Waals surface area contributed by atoms with E-state index in [1.807, 2.05) is 24.3 Å². The predicted molar refractivity (Wildman–Crippen MR) is 92.5 cm³/mol. The highest BCUT2D eigenvalue weighted by Crippen LogP contribution is 2.46. The minimum absolute atomic E-state index is 0.121. The zero-order valence-electron chi connectivity index (χ0n) is 12.9. The molecule has 1 atom stereocenters. The van der Waals surface area contributed by atoms with Crippen molar-refractivity contribution in [1.82, 2.24) is 4.98 Å². The molecule has 0 fully saturated rings. The maximum atomic E-state index is 12.5. The van der Waals surface area contributed by atoms with Crippen molar-refractivity contribution in [3.05, 3.63) is 63.9 Å². The predicted octanol–water partition coefficient (Wildman–Crippen LogP) is 4.53. The van der Waals surface area contributed by atoms with Crippen LogP contribution in [0, 0.1) is 0 Å². The lowest BCUT2D eigenvalue weighted by molar-refractivity contribution is 0.0783. The first kappa shape index (κ1) is 15.6. The molecule has 114 valence electrons. The van der Waals surface area contributed by atoms with Gasteiger partial charge in [0.2, 0.25) is 0 Å². The van der Waals surface area contributed by atoms with Gasteiger partial charge in [-0.15, -0.1) is 0 Å². The van der Waals surface area contributed by atoms with E-state index in [0.717, 1.165) is 21.2 Å². The Kier molecular flexibility index (Phi) is 3.83. The van der Waals surface area contributed by atoms with Crippen LogP contribution in [0.1, 0.15) is 27.9 Å². The number of aromatic nitrogens is 1. The van der Waals surface area contributed by atoms with Gasteiger partial charge in [-0.2, -0.15) is 0 Å². The molecule has 5 heteroatoms. The van der Waals surface area contributed by atoms with Gasteiger partial charge in [-0.25, -0.2) is 0 Å². The Morgan fingerprint density at radius 2 is 2.05 bits per heavy atom. The third-order valence-corrected chi connectivity index (χ3v) is 5.19. The number of Topliss-reactive ketones (excluding diaryl/α,β-unsaturated/α-hetero) is 1. The molecule has 1 aromatic carbocycles. The van der Waals surface area contributed by atoms with E-state index in [4.69, 9.17) is 4.43 Å². The number of benzene rings is 1. The molecule has 1 heterocycles. The average Bonchev–Trinajstić information content (AvgIpc) is 2.72. The first-order valence-electron chi connectivity index (χ1n) is 7.26. The number of hydrogen-bond acceptors (Lipinski definition) is 3. The van der Waals surface area contributed by atoms with Crippen molar-refractivity contribution in [3.8, 4) is 0 Å². The van der Waals surface area contributed by atoms with Gasteiger partial charge in [0.05, 0.1) is 0 Å². The summed E-state index contributed by atoms with van der Waals surface area (Å²) in [6.07, 6.45) is 3.79. The van der Waals surface area contributed by atoms with Crippen molar-refractivity contribution in [3.63, 3.8) is 0 Å². The Bertz CT molecular complexity index is 741. The molecule has 0 saturated carbocycles. The van der Waals surface area contributed by atoms with Gasteiger partial charge in [-0.05, 0) is 43.4 Å². The summed E-state index contributed by atoms with van der Waals surface area (Å²) in [6, 6.07) is 9.82. The topological polar surface area (TPSA) is 39.2 Å². The number of nitrogens with zero attached hydrogens (tertiary/aromatic N) is 1. The number of carbonyl (C=O) groups excluding carboxylic acids is 1. The van der Waals surface area contributed by atoms with E-state index in [0.29, 0.717) is 6.42 Å². The normalized spacial score (nSPS) is 21.0. The second-order valence-corrected chi connectivity index (χ2v) is 11.9. The van der Waals surface area contributed by atoms with Crippen LogP contribution in [0.2, 0.25) is 19.6 Å². The highest BCUT2D eigenvalue weighted by atomic mass is 79.9. The van der Waals surface area contributed by atoms with Crippen LogP contribution in [-0.4, -0.2) is 19.1 Å². The Hall–Kier alpha value is -1.30.